The van der Waals surface area contributed by atoms with Gasteiger partial charge in [-0.05, 0) is 30.3 Å². The third-order valence-electron chi connectivity index (χ3n) is 3.71. The molecule has 0 aliphatic heterocycles. The molecule has 0 aliphatic rings. The van der Waals surface area contributed by atoms with Gasteiger partial charge in [0.25, 0.3) is 0 Å². The van der Waals surface area contributed by atoms with Crippen LogP contribution in [0.3, 0.4) is 0 Å². The number of halogens is 1. The van der Waals surface area contributed by atoms with E-state index in [-0.39, 0.29) is 28.7 Å². The average Bonchev–Trinajstić information content (AvgIpc) is 2.66. The summed E-state index contributed by atoms with van der Waals surface area (Å²) < 4.78 is 29.9. The van der Waals surface area contributed by atoms with Gasteiger partial charge in [-0.2, -0.15) is 0 Å². The zero-order chi connectivity index (χ0) is 20.0. The van der Waals surface area contributed by atoms with Crippen molar-refractivity contribution >= 4 is 43.3 Å². The van der Waals surface area contributed by atoms with Crippen LogP contribution in [0.25, 0.3) is 0 Å². The molecule has 2 aromatic rings. The first kappa shape index (κ1) is 20.9. The van der Waals surface area contributed by atoms with E-state index in [1.54, 1.807) is 24.3 Å². The van der Waals surface area contributed by atoms with Gasteiger partial charge in [0.2, 0.25) is 0 Å². The summed E-state index contributed by atoms with van der Waals surface area (Å²) in [7, 11) is -2.03. The van der Waals surface area contributed by atoms with Gasteiger partial charge in [0.1, 0.15) is 5.75 Å². The second-order valence-corrected chi connectivity index (χ2v) is 8.70. The number of ether oxygens (including phenoxy) is 1. The molecule has 0 aromatic heterocycles. The Morgan fingerprint density at radius 1 is 1.15 bits per heavy atom. The van der Waals surface area contributed by atoms with E-state index in [1.165, 1.54) is 32.2 Å². The molecule has 0 radical (unpaired) electrons. The number of nitrogens with one attached hydrogen (secondary N) is 2. The van der Waals surface area contributed by atoms with Crippen molar-refractivity contribution in [3.8, 4) is 5.75 Å². The van der Waals surface area contributed by atoms with E-state index in [2.05, 4.69) is 26.6 Å². The van der Waals surface area contributed by atoms with Crippen LogP contribution in [0.5, 0.6) is 5.75 Å². The summed E-state index contributed by atoms with van der Waals surface area (Å²) >= 11 is 3.28. The maximum Gasteiger partial charge on any atom is 0.319 e. The molecule has 0 aliphatic carbocycles. The van der Waals surface area contributed by atoms with E-state index in [0.717, 1.165) is 4.47 Å². The monoisotopic (exact) mass is 454 g/mol. The standard InChI is InChI=1S/C18H19BrN2O5S/c1-3-27(24,25)14-7-8-17(26-2)15(10-14)21-18(23)20-11-16(22)12-5-4-6-13(19)9-12/h4-10H,3,11H2,1-2H3,(H2,20,21,23). The fraction of sp³-hybridized carbons (Fsp3) is 0.222. The fourth-order valence-electron chi connectivity index (χ4n) is 2.24. The number of Topliss-reactive ketones (excluding diaryl/α,β-unsaturated/α-hetero) is 1. The number of carbonyl (C=O) groups is 2. The van der Waals surface area contributed by atoms with E-state index in [9.17, 15) is 18.0 Å². The number of methoxy groups -OCH3 is 1. The molecule has 0 bridgehead atoms. The summed E-state index contributed by atoms with van der Waals surface area (Å²) in [5.74, 6) is -0.0224. The number of amides is 2. The third-order valence-corrected chi connectivity index (χ3v) is 5.94. The van der Waals surface area contributed by atoms with Crippen LogP contribution >= 0.6 is 15.9 Å². The first-order chi connectivity index (χ1) is 12.8. The normalized spacial score (nSPS) is 10.9. The van der Waals surface area contributed by atoms with Gasteiger partial charge in [0.15, 0.2) is 15.6 Å². The van der Waals surface area contributed by atoms with Crippen LogP contribution in [-0.4, -0.2) is 39.6 Å². The maximum absolute atomic E-state index is 12.1. The fourth-order valence-corrected chi connectivity index (χ4v) is 3.54. The lowest BCUT2D eigenvalue weighted by Crippen LogP contribution is -2.33. The zero-order valence-electron chi connectivity index (χ0n) is 14.8. The lowest BCUT2D eigenvalue weighted by atomic mass is 10.1. The summed E-state index contributed by atoms with van der Waals surface area (Å²) in [5, 5.41) is 4.97. The van der Waals surface area contributed by atoms with Crippen LogP contribution < -0.4 is 15.4 Å². The summed E-state index contributed by atoms with van der Waals surface area (Å²) in [4.78, 5) is 24.3. The summed E-state index contributed by atoms with van der Waals surface area (Å²) in [6.07, 6.45) is 0. The van der Waals surface area contributed by atoms with Crippen molar-refractivity contribution in [1.82, 2.24) is 5.32 Å². The van der Waals surface area contributed by atoms with Crippen molar-refractivity contribution < 1.29 is 22.7 Å². The summed E-state index contributed by atoms with van der Waals surface area (Å²) in [6, 6.07) is 10.4. The van der Waals surface area contributed by atoms with Crippen molar-refractivity contribution in [3.05, 3.63) is 52.5 Å². The quantitative estimate of drug-likeness (QED) is 0.625. The molecule has 0 saturated carbocycles. The van der Waals surface area contributed by atoms with Gasteiger partial charge in [-0.3, -0.25) is 4.79 Å². The number of ketones is 1. The average molecular weight is 455 g/mol. The molecule has 0 fully saturated rings. The van der Waals surface area contributed by atoms with Gasteiger partial charge in [-0.1, -0.05) is 35.0 Å². The highest BCUT2D eigenvalue weighted by Crippen LogP contribution is 2.27. The van der Waals surface area contributed by atoms with Crippen LogP contribution in [0.1, 0.15) is 17.3 Å². The molecule has 0 heterocycles. The van der Waals surface area contributed by atoms with Crippen LogP contribution in [0.4, 0.5) is 10.5 Å². The Kier molecular flexibility index (Phi) is 6.98. The SMILES string of the molecule is CCS(=O)(=O)c1ccc(OC)c(NC(=O)NCC(=O)c2cccc(Br)c2)c1. The number of carbonyl (C=O) groups excluding carboxylic acids is 2. The van der Waals surface area contributed by atoms with Gasteiger partial charge in [0.05, 0.1) is 30.0 Å². The van der Waals surface area contributed by atoms with Gasteiger partial charge < -0.3 is 15.4 Å². The van der Waals surface area contributed by atoms with Crippen molar-refractivity contribution in [2.24, 2.45) is 0 Å². The van der Waals surface area contributed by atoms with Gasteiger partial charge in [-0.15, -0.1) is 0 Å². The first-order valence-electron chi connectivity index (χ1n) is 8.01. The largest absolute Gasteiger partial charge is 0.495 e. The molecule has 27 heavy (non-hydrogen) atoms. The number of anilines is 1. The van der Waals surface area contributed by atoms with Crippen molar-refractivity contribution in [3.63, 3.8) is 0 Å². The number of urea groups is 1. The Labute approximate surface area is 166 Å². The summed E-state index contributed by atoms with van der Waals surface area (Å²) in [6.45, 7) is 1.32. The molecular formula is C18H19BrN2O5S. The van der Waals surface area contributed by atoms with Crippen molar-refractivity contribution in [2.75, 3.05) is 24.7 Å². The molecule has 0 spiro atoms. The number of rotatable bonds is 7. The molecule has 0 unspecified atom stereocenters. The zero-order valence-corrected chi connectivity index (χ0v) is 17.2. The van der Waals surface area contributed by atoms with E-state index in [1.807, 2.05) is 0 Å². The number of hydrogen-bond acceptors (Lipinski definition) is 5. The second kappa shape index (κ2) is 9.01. The van der Waals surface area contributed by atoms with E-state index in [0.29, 0.717) is 11.3 Å². The minimum atomic E-state index is -3.43. The van der Waals surface area contributed by atoms with Crippen LogP contribution in [0.15, 0.2) is 51.8 Å². The number of hydrogen-bond donors (Lipinski definition) is 2. The Balaban J connectivity index is 2.08. The smallest absolute Gasteiger partial charge is 0.319 e. The van der Waals surface area contributed by atoms with Crippen LogP contribution in [0, 0.1) is 0 Å². The lowest BCUT2D eigenvalue weighted by molar-refractivity contribution is 0.0993. The van der Waals surface area contributed by atoms with Crippen molar-refractivity contribution in [2.45, 2.75) is 11.8 Å². The lowest BCUT2D eigenvalue weighted by Gasteiger charge is -2.13. The molecule has 0 saturated heterocycles. The minimum Gasteiger partial charge on any atom is -0.495 e. The van der Waals surface area contributed by atoms with Gasteiger partial charge in [-0.25, -0.2) is 13.2 Å². The highest BCUT2D eigenvalue weighted by Gasteiger charge is 2.16. The highest BCUT2D eigenvalue weighted by atomic mass is 79.9. The van der Waals surface area contributed by atoms with E-state index < -0.39 is 15.9 Å². The van der Waals surface area contributed by atoms with Gasteiger partial charge in [0, 0.05) is 10.0 Å². The first-order valence-corrected chi connectivity index (χ1v) is 10.5. The highest BCUT2D eigenvalue weighted by molar-refractivity contribution is 9.10. The molecular weight excluding hydrogens is 436 g/mol. The van der Waals surface area contributed by atoms with Gasteiger partial charge >= 0.3 is 6.03 Å². The van der Waals surface area contributed by atoms with Crippen LogP contribution in [0.2, 0.25) is 0 Å². The molecule has 0 atom stereocenters. The van der Waals surface area contributed by atoms with Crippen LogP contribution in [-0.2, 0) is 9.84 Å². The predicted molar refractivity (Wildman–Crippen MR) is 106 cm³/mol. The Bertz CT molecular complexity index is 960. The van der Waals surface area contributed by atoms with E-state index in [4.69, 9.17) is 4.74 Å². The van der Waals surface area contributed by atoms with Crippen molar-refractivity contribution in [1.29, 1.82) is 0 Å². The molecule has 144 valence electrons. The molecule has 2 amide bonds. The summed E-state index contributed by atoms with van der Waals surface area (Å²) in [5.41, 5.74) is 0.651. The third kappa shape index (κ3) is 5.54. The molecule has 2 aromatic carbocycles. The Morgan fingerprint density at radius 2 is 1.89 bits per heavy atom. The van der Waals surface area contributed by atoms with E-state index >= 15 is 0 Å². The predicted octanol–water partition coefficient (Wildman–Crippen LogP) is 3.26. The number of sulfone groups is 1. The number of benzene rings is 2. The molecule has 2 rings (SSSR count). The molecule has 7 nitrogen and oxygen atoms in total. The minimum absolute atomic E-state index is 0.0634. The molecule has 2 N–H and O–H groups in total. The molecule has 9 heteroatoms. The Morgan fingerprint density at radius 3 is 2.52 bits per heavy atom. The topological polar surface area (TPSA) is 102 Å². The Hall–Kier alpha value is -2.39. The maximum atomic E-state index is 12.1. The second-order valence-electron chi connectivity index (χ2n) is 5.51.